The minimum Gasteiger partial charge on any atom is -0.372 e. The van der Waals surface area contributed by atoms with Gasteiger partial charge < -0.3 is 9.64 Å². The van der Waals surface area contributed by atoms with Crippen molar-refractivity contribution in [3.8, 4) is 0 Å². The van der Waals surface area contributed by atoms with E-state index in [4.69, 9.17) is 4.74 Å². The molecule has 164 valence electrons. The van der Waals surface area contributed by atoms with Crippen LogP contribution < -0.4 is 4.90 Å². The van der Waals surface area contributed by atoms with Crippen LogP contribution in [0, 0.1) is 0 Å². The fourth-order valence-corrected chi connectivity index (χ4v) is 4.71. The Morgan fingerprint density at radius 2 is 1.47 bits per heavy atom. The maximum absolute atomic E-state index is 12.4. The van der Waals surface area contributed by atoms with Gasteiger partial charge in [-0.25, -0.2) is 13.4 Å². The third kappa shape index (κ3) is 5.82. The first-order chi connectivity index (χ1) is 14.0. The number of hydrogen-bond acceptors (Lipinski definition) is 5. The normalized spacial score (nSPS) is 20.4. The van der Waals surface area contributed by atoms with Crippen LogP contribution in [0.5, 0.6) is 0 Å². The summed E-state index contributed by atoms with van der Waals surface area (Å²) in [5.74, 6) is 1.09. The van der Waals surface area contributed by atoms with Crippen molar-refractivity contribution in [3.05, 3.63) is 59.3 Å². The van der Waals surface area contributed by atoms with E-state index >= 15 is 0 Å². The first-order valence-electron chi connectivity index (χ1n) is 10.7. The number of morpholine rings is 1. The van der Waals surface area contributed by atoms with Gasteiger partial charge in [0, 0.05) is 19.3 Å². The van der Waals surface area contributed by atoms with Crippen LogP contribution in [-0.4, -0.2) is 43.4 Å². The first-order valence-corrected chi connectivity index (χ1v) is 12.3. The lowest BCUT2D eigenvalue weighted by Gasteiger charge is -2.36. The van der Waals surface area contributed by atoms with Gasteiger partial charge in [0.1, 0.15) is 5.82 Å². The van der Waals surface area contributed by atoms with Crippen LogP contribution in [0.25, 0.3) is 0 Å². The molecule has 6 heteroatoms. The van der Waals surface area contributed by atoms with Crippen molar-refractivity contribution in [2.75, 3.05) is 18.0 Å². The highest BCUT2D eigenvalue weighted by Crippen LogP contribution is 2.22. The van der Waals surface area contributed by atoms with E-state index in [9.17, 15) is 8.42 Å². The van der Waals surface area contributed by atoms with Crippen LogP contribution in [0.4, 0.5) is 5.82 Å². The van der Waals surface area contributed by atoms with Gasteiger partial charge in [0.05, 0.1) is 22.7 Å². The van der Waals surface area contributed by atoms with E-state index in [-0.39, 0.29) is 18.0 Å². The molecule has 30 heavy (non-hydrogen) atoms. The summed E-state index contributed by atoms with van der Waals surface area (Å²) in [6.45, 7) is 11.2. The average molecular weight is 431 g/mol. The van der Waals surface area contributed by atoms with Crippen molar-refractivity contribution in [2.45, 2.75) is 70.2 Å². The molecule has 1 fully saturated rings. The Hall–Kier alpha value is -1.92. The summed E-state index contributed by atoms with van der Waals surface area (Å²) < 4.78 is 29.8. The number of nitrogens with zero attached hydrogens (tertiary/aromatic N) is 2. The molecule has 1 aliphatic heterocycles. The van der Waals surface area contributed by atoms with E-state index in [2.05, 4.69) is 35.9 Å². The highest BCUT2D eigenvalue weighted by molar-refractivity contribution is 7.91. The van der Waals surface area contributed by atoms with Crippen LogP contribution in [0.15, 0.2) is 42.6 Å². The minimum atomic E-state index is -3.16. The third-order valence-electron chi connectivity index (χ3n) is 5.57. The number of anilines is 1. The minimum absolute atomic E-state index is 0.0843. The van der Waals surface area contributed by atoms with E-state index in [0.717, 1.165) is 37.3 Å². The van der Waals surface area contributed by atoms with Gasteiger partial charge in [-0.2, -0.15) is 0 Å². The molecule has 1 aromatic heterocycles. The third-order valence-corrected chi connectivity index (χ3v) is 8.15. The number of aryl methyl sites for hydroxylation is 2. The Kier molecular flexibility index (Phi) is 6.88. The fourth-order valence-electron chi connectivity index (χ4n) is 3.64. The summed E-state index contributed by atoms with van der Waals surface area (Å²) in [4.78, 5) is 6.95. The monoisotopic (exact) mass is 430 g/mol. The molecule has 1 saturated heterocycles. The maximum atomic E-state index is 12.4. The second kappa shape index (κ2) is 9.06. The summed E-state index contributed by atoms with van der Waals surface area (Å²) in [7, 11) is -3.16. The van der Waals surface area contributed by atoms with Gasteiger partial charge in [0.25, 0.3) is 0 Å². The lowest BCUT2D eigenvalue weighted by molar-refractivity contribution is -0.00546. The lowest BCUT2D eigenvalue weighted by atomic mass is 10.0. The zero-order valence-corrected chi connectivity index (χ0v) is 19.6. The second-order valence-corrected chi connectivity index (χ2v) is 12.1. The fraction of sp³-hybridized carbons (Fsp3) is 0.542. The molecule has 0 radical (unpaired) electrons. The zero-order chi connectivity index (χ0) is 21.9. The summed E-state index contributed by atoms with van der Waals surface area (Å²) in [5.41, 5.74) is 3.24. The predicted molar refractivity (Wildman–Crippen MR) is 123 cm³/mol. The van der Waals surface area contributed by atoms with Crippen molar-refractivity contribution in [3.63, 3.8) is 0 Å². The second-order valence-electron chi connectivity index (χ2n) is 9.37. The molecule has 0 amide bonds. The van der Waals surface area contributed by atoms with Gasteiger partial charge >= 0.3 is 0 Å². The number of hydrogen-bond donors (Lipinski definition) is 0. The van der Waals surface area contributed by atoms with Gasteiger partial charge in [0.15, 0.2) is 9.84 Å². The summed E-state index contributed by atoms with van der Waals surface area (Å²) in [6, 6.07) is 12.2. The topological polar surface area (TPSA) is 59.5 Å². The van der Waals surface area contributed by atoms with E-state index in [0.29, 0.717) is 0 Å². The van der Waals surface area contributed by atoms with E-state index in [1.54, 1.807) is 20.8 Å². The molecule has 0 bridgehead atoms. The van der Waals surface area contributed by atoms with E-state index < -0.39 is 14.6 Å². The standard InChI is InChI=1S/C24H34N2O3S/c1-18-15-26(16-19(2)29-18)23-13-12-21(14-25-23)9-6-20-7-10-22(11-8-20)17-30(27,28)24(3,4)5/h7-8,10-14,18-19H,6,9,15-17H2,1-5H3/t18-,19+. The number of benzene rings is 1. The highest BCUT2D eigenvalue weighted by atomic mass is 32.2. The zero-order valence-electron chi connectivity index (χ0n) is 18.8. The van der Waals surface area contributed by atoms with Crippen molar-refractivity contribution in [2.24, 2.45) is 0 Å². The SMILES string of the molecule is C[C@@H]1CN(c2ccc(CCc3ccc(CS(=O)(=O)C(C)(C)C)cc3)cn2)C[C@H](C)O1. The largest absolute Gasteiger partial charge is 0.372 e. The molecule has 0 N–H and O–H groups in total. The van der Waals surface area contributed by atoms with Crippen molar-refractivity contribution in [1.82, 2.24) is 4.98 Å². The Morgan fingerprint density at radius 3 is 2.00 bits per heavy atom. The molecule has 2 aromatic rings. The molecular formula is C24H34N2O3S. The molecule has 0 spiro atoms. The Balaban J connectivity index is 1.56. The molecule has 3 rings (SSSR count). The Morgan fingerprint density at radius 1 is 0.933 bits per heavy atom. The molecule has 1 aromatic carbocycles. The summed E-state index contributed by atoms with van der Waals surface area (Å²) in [6.07, 6.45) is 4.21. The van der Waals surface area contributed by atoms with E-state index in [1.807, 2.05) is 30.5 Å². The average Bonchev–Trinajstić information content (AvgIpc) is 2.66. The van der Waals surface area contributed by atoms with Crippen molar-refractivity contribution >= 4 is 15.7 Å². The first kappa shape index (κ1) is 22.8. The molecule has 0 aliphatic carbocycles. The van der Waals surface area contributed by atoms with Gasteiger partial charge in [-0.15, -0.1) is 0 Å². The molecule has 0 saturated carbocycles. The summed E-state index contributed by atoms with van der Waals surface area (Å²) in [5, 5.41) is 0. The summed E-state index contributed by atoms with van der Waals surface area (Å²) >= 11 is 0. The maximum Gasteiger partial charge on any atom is 0.159 e. The highest BCUT2D eigenvalue weighted by Gasteiger charge is 2.28. The molecule has 5 nitrogen and oxygen atoms in total. The molecule has 2 atom stereocenters. The predicted octanol–water partition coefficient (Wildman–Crippen LogP) is 4.19. The molecular weight excluding hydrogens is 396 g/mol. The molecule has 2 heterocycles. The number of aromatic nitrogens is 1. The van der Waals surface area contributed by atoms with Crippen LogP contribution in [0.2, 0.25) is 0 Å². The quantitative estimate of drug-likeness (QED) is 0.688. The van der Waals surface area contributed by atoms with Gasteiger partial charge in [0.2, 0.25) is 0 Å². The van der Waals surface area contributed by atoms with Crippen LogP contribution in [0.3, 0.4) is 0 Å². The van der Waals surface area contributed by atoms with E-state index in [1.165, 1.54) is 11.1 Å². The number of pyridine rings is 1. The Bertz CT molecular complexity index is 922. The lowest BCUT2D eigenvalue weighted by Crippen LogP contribution is -2.45. The van der Waals surface area contributed by atoms with Crippen molar-refractivity contribution in [1.29, 1.82) is 0 Å². The molecule has 0 unspecified atom stereocenters. The Labute approximate surface area is 181 Å². The van der Waals surface area contributed by atoms with Crippen LogP contribution >= 0.6 is 0 Å². The number of sulfone groups is 1. The number of rotatable bonds is 6. The van der Waals surface area contributed by atoms with Crippen LogP contribution in [-0.2, 0) is 33.2 Å². The smallest absolute Gasteiger partial charge is 0.159 e. The molecule has 1 aliphatic rings. The van der Waals surface area contributed by atoms with Crippen molar-refractivity contribution < 1.29 is 13.2 Å². The van der Waals surface area contributed by atoms with Crippen LogP contribution in [0.1, 0.15) is 51.3 Å². The van der Waals surface area contributed by atoms with Gasteiger partial charge in [-0.1, -0.05) is 30.3 Å². The number of ether oxygens (including phenoxy) is 1. The van der Waals surface area contributed by atoms with Gasteiger partial charge in [-0.3, -0.25) is 0 Å². The van der Waals surface area contributed by atoms with Gasteiger partial charge in [-0.05, 0) is 70.2 Å².